The van der Waals surface area contributed by atoms with E-state index in [9.17, 15) is 13.2 Å². The monoisotopic (exact) mass is 457 g/mol. The first-order valence-corrected chi connectivity index (χ1v) is 12.2. The van der Waals surface area contributed by atoms with E-state index in [1.165, 1.54) is 29.1 Å². The Bertz CT molecular complexity index is 1140. The Morgan fingerprint density at radius 1 is 1.03 bits per heavy atom. The highest BCUT2D eigenvalue weighted by Crippen LogP contribution is 2.23. The molecular formula is C23H27N3O3S2. The number of aryl methyl sites for hydroxylation is 2. The first-order chi connectivity index (χ1) is 14.7. The van der Waals surface area contributed by atoms with Gasteiger partial charge in [0.1, 0.15) is 0 Å². The molecule has 3 rings (SSSR count). The smallest absolute Gasteiger partial charge is 0.261 e. The maximum absolute atomic E-state index is 12.7. The molecule has 8 heteroatoms. The number of rotatable bonds is 8. The van der Waals surface area contributed by atoms with E-state index in [0.29, 0.717) is 17.8 Å². The van der Waals surface area contributed by atoms with E-state index < -0.39 is 10.0 Å². The molecular weight excluding hydrogens is 430 g/mol. The normalized spacial score (nSPS) is 12.5. The van der Waals surface area contributed by atoms with Crippen LogP contribution >= 0.6 is 11.3 Å². The van der Waals surface area contributed by atoms with Crippen LogP contribution in [0.2, 0.25) is 0 Å². The molecule has 6 nitrogen and oxygen atoms in total. The van der Waals surface area contributed by atoms with E-state index in [-0.39, 0.29) is 16.8 Å². The van der Waals surface area contributed by atoms with Crippen molar-refractivity contribution in [3.63, 3.8) is 0 Å². The Morgan fingerprint density at radius 3 is 2.32 bits per heavy atom. The molecule has 0 aliphatic heterocycles. The van der Waals surface area contributed by atoms with Crippen molar-refractivity contribution in [2.24, 2.45) is 0 Å². The van der Waals surface area contributed by atoms with Crippen molar-refractivity contribution in [1.82, 2.24) is 10.2 Å². The Labute approximate surface area is 188 Å². The number of carbonyl (C=O) groups is 1. The molecule has 0 saturated heterocycles. The van der Waals surface area contributed by atoms with Crippen LogP contribution in [0.15, 0.2) is 64.9 Å². The van der Waals surface area contributed by atoms with Crippen LogP contribution in [0.3, 0.4) is 0 Å². The van der Waals surface area contributed by atoms with E-state index in [2.05, 4.69) is 14.9 Å². The fraction of sp³-hybridized carbons (Fsp3) is 0.261. The van der Waals surface area contributed by atoms with Crippen molar-refractivity contribution >= 4 is 33.0 Å². The average molecular weight is 458 g/mol. The first-order valence-electron chi connectivity index (χ1n) is 9.85. The standard InChI is InChI=1S/C23H27N3O3S2/c1-16-7-10-19(14-17(16)2)25-31(28,29)20-11-8-18(9-12-20)23(27)24-15-21(26(3)4)22-6-5-13-30-22/h5-14,21,25H,15H2,1-4H3,(H,24,27). The van der Waals surface area contributed by atoms with Crippen molar-refractivity contribution in [3.05, 3.63) is 81.5 Å². The summed E-state index contributed by atoms with van der Waals surface area (Å²) < 4.78 is 28.0. The lowest BCUT2D eigenvalue weighted by molar-refractivity contribution is 0.0942. The SMILES string of the molecule is Cc1ccc(NS(=O)(=O)c2ccc(C(=O)NCC(c3cccs3)N(C)C)cc2)cc1C. The van der Waals surface area contributed by atoms with Crippen LogP contribution < -0.4 is 10.0 Å². The van der Waals surface area contributed by atoms with Gasteiger partial charge in [0.05, 0.1) is 10.9 Å². The van der Waals surface area contributed by atoms with Crippen LogP contribution in [0.4, 0.5) is 5.69 Å². The fourth-order valence-electron chi connectivity index (χ4n) is 3.11. The summed E-state index contributed by atoms with van der Waals surface area (Å²) in [5, 5.41) is 4.95. The quantitative estimate of drug-likeness (QED) is 0.531. The van der Waals surface area contributed by atoms with Crippen LogP contribution in [-0.4, -0.2) is 39.9 Å². The third-order valence-electron chi connectivity index (χ3n) is 5.14. The Hall–Kier alpha value is -2.68. The zero-order valence-electron chi connectivity index (χ0n) is 18.0. The molecule has 0 aliphatic rings. The van der Waals surface area contributed by atoms with Crippen LogP contribution in [0.5, 0.6) is 0 Å². The number of likely N-dealkylation sites (N-methyl/N-ethyl adjacent to an activating group) is 1. The molecule has 0 radical (unpaired) electrons. The lowest BCUT2D eigenvalue weighted by Gasteiger charge is -2.23. The van der Waals surface area contributed by atoms with Crippen LogP contribution in [0.1, 0.15) is 32.4 Å². The minimum Gasteiger partial charge on any atom is -0.350 e. The molecule has 0 fully saturated rings. The van der Waals surface area contributed by atoms with Gasteiger partial charge in [-0.3, -0.25) is 9.52 Å². The Balaban J connectivity index is 1.67. The number of hydrogen-bond donors (Lipinski definition) is 2. The summed E-state index contributed by atoms with van der Waals surface area (Å²) in [4.78, 5) is 15.9. The number of carbonyl (C=O) groups excluding carboxylic acids is 1. The summed E-state index contributed by atoms with van der Waals surface area (Å²) in [5.41, 5.74) is 3.02. The maximum Gasteiger partial charge on any atom is 0.261 e. The molecule has 3 aromatic rings. The molecule has 0 saturated carbocycles. The molecule has 0 spiro atoms. The third kappa shape index (κ3) is 5.72. The number of thiophene rings is 1. The van der Waals surface area contributed by atoms with Crippen LogP contribution in [0.25, 0.3) is 0 Å². The second kappa shape index (κ2) is 9.64. The summed E-state index contributed by atoms with van der Waals surface area (Å²) in [5.74, 6) is -0.241. The summed E-state index contributed by atoms with van der Waals surface area (Å²) in [6.07, 6.45) is 0. The maximum atomic E-state index is 12.7. The molecule has 31 heavy (non-hydrogen) atoms. The minimum atomic E-state index is -3.74. The van der Waals surface area contributed by atoms with Gasteiger partial charge in [0.2, 0.25) is 0 Å². The largest absolute Gasteiger partial charge is 0.350 e. The number of amides is 1. The van der Waals surface area contributed by atoms with Gasteiger partial charge in [0.15, 0.2) is 0 Å². The predicted octanol–water partition coefficient (Wildman–Crippen LogP) is 4.20. The van der Waals surface area contributed by atoms with Crippen molar-refractivity contribution in [2.45, 2.75) is 24.8 Å². The Morgan fingerprint density at radius 2 is 1.74 bits per heavy atom. The highest BCUT2D eigenvalue weighted by atomic mass is 32.2. The number of anilines is 1. The summed E-state index contributed by atoms with van der Waals surface area (Å²) in [6.45, 7) is 4.36. The second-order valence-corrected chi connectivity index (χ2v) is 10.3. The lowest BCUT2D eigenvalue weighted by atomic mass is 10.1. The molecule has 2 N–H and O–H groups in total. The van der Waals surface area contributed by atoms with Crippen LogP contribution in [0, 0.1) is 13.8 Å². The number of sulfonamides is 1. The van der Waals surface area contributed by atoms with E-state index in [1.807, 2.05) is 51.5 Å². The lowest BCUT2D eigenvalue weighted by Crippen LogP contribution is -2.34. The zero-order chi connectivity index (χ0) is 22.6. The molecule has 1 unspecified atom stereocenters. The van der Waals surface area contributed by atoms with Crippen molar-refractivity contribution in [2.75, 3.05) is 25.4 Å². The average Bonchev–Trinajstić information content (AvgIpc) is 3.25. The van der Waals surface area contributed by atoms with Gasteiger partial charge in [0, 0.05) is 22.7 Å². The molecule has 164 valence electrons. The molecule has 1 heterocycles. The summed E-state index contributed by atoms with van der Waals surface area (Å²) in [6, 6.07) is 15.5. The molecule has 0 bridgehead atoms. The van der Waals surface area contributed by atoms with Gasteiger partial charge in [-0.15, -0.1) is 11.3 Å². The van der Waals surface area contributed by atoms with Gasteiger partial charge in [-0.05, 0) is 86.9 Å². The fourth-order valence-corrected chi connectivity index (χ4v) is 5.09. The molecule has 0 aliphatic carbocycles. The van der Waals surface area contributed by atoms with Gasteiger partial charge < -0.3 is 10.2 Å². The van der Waals surface area contributed by atoms with Crippen molar-refractivity contribution < 1.29 is 13.2 Å². The molecule has 2 aromatic carbocycles. The number of benzene rings is 2. The Kier molecular flexibility index (Phi) is 7.15. The van der Waals surface area contributed by atoms with E-state index in [4.69, 9.17) is 0 Å². The highest BCUT2D eigenvalue weighted by Gasteiger charge is 2.18. The van der Waals surface area contributed by atoms with Crippen LogP contribution in [-0.2, 0) is 10.0 Å². The second-order valence-electron chi connectivity index (χ2n) is 7.63. The van der Waals surface area contributed by atoms with Gasteiger partial charge in [-0.25, -0.2) is 8.42 Å². The third-order valence-corrected chi connectivity index (χ3v) is 7.51. The molecule has 1 aromatic heterocycles. The molecule has 1 atom stereocenters. The number of nitrogens with one attached hydrogen (secondary N) is 2. The van der Waals surface area contributed by atoms with E-state index in [1.54, 1.807) is 23.5 Å². The number of nitrogens with zero attached hydrogens (tertiary/aromatic N) is 1. The van der Waals surface area contributed by atoms with Crippen molar-refractivity contribution in [3.8, 4) is 0 Å². The van der Waals surface area contributed by atoms with Gasteiger partial charge in [-0.1, -0.05) is 12.1 Å². The topological polar surface area (TPSA) is 78.5 Å². The van der Waals surface area contributed by atoms with Gasteiger partial charge in [0.25, 0.3) is 15.9 Å². The van der Waals surface area contributed by atoms with Gasteiger partial charge >= 0.3 is 0 Å². The predicted molar refractivity (Wildman–Crippen MR) is 126 cm³/mol. The van der Waals surface area contributed by atoms with Crippen molar-refractivity contribution in [1.29, 1.82) is 0 Å². The highest BCUT2D eigenvalue weighted by molar-refractivity contribution is 7.92. The van der Waals surface area contributed by atoms with E-state index >= 15 is 0 Å². The minimum absolute atomic E-state index is 0.0748. The van der Waals surface area contributed by atoms with Gasteiger partial charge in [-0.2, -0.15) is 0 Å². The molecule has 1 amide bonds. The summed E-state index contributed by atoms with van der Waals surface area (Å²) >= 11 is 1.65. The zero-order valence-corrected chi connectivity index (χ0v) is 19.7. The van der Waals surface area contributed by atoms with E-state index in [0.717, 1.165) is 11.1 Å². The number of hydrogen-bond acceptors (Lipinski definition) is 5. The first kappa shape index (κ1) is 23.0. The summed E-state index contributed by atoms with van der Waals surface area (Å²) in [7, 11) is 0.203.